The summed E-state index contributed by atoms with van der Waals surface area (Å²) in [6.45, 7) is 0.910. The molecule has 0 unspecified atom stereocenters. The number of thiazole rings is 1. The van der Waals surface area contributed by atoms with Crippen molar-refractivity contribution >= 4 is 11.3 Å². The van der Waals surface area contributed by atoms with Crippen molar-refractivity contribution in [1.82, 2.24) is 9.88 Å². The summed E-state index contributed by atoms with van der Waals surface area (Å²) in [5.74, 6) is 0. The fourth-order valence-electron chi connectivity index (χ4n) is 1.24. The summed E-state index contributed by atoms with van der Waals surface area (Å²) < 4.78 is 0. The van der Waals surface area contributed by atoms with Crippen molar-refractivity contribution in [3.8, 4) is 0 Å². The molecule has 0 aliphatic heterocycles. The smallest absolute Gasteiger partial charge is 0.125 e. The van der Waals surface area contributed by atoms with Gasteiger partial charge in [-0.25, -0.2) is 4.98 Å². The largest absolute Gasteiger partial charge is 0.383 e. The van der Waals surface area contributed by atoms with E-state index in [-0.39, 0.29) is 0 Å². The van der Waals surface area contributed by atoms with Crippen LogP contribution in [0.1, 0.15) is 22.7 Å². The zero-order valence-corrected chi connectivity index (χ0v) is 8.77. The van der Waals surface area contributed by atoms with Crippen LogP contribution in [0.3, 0.4) is 0 Å². The quantitative estimate of drug-likeness (QED) is 0.792. The number of aromatic nitrogens is 1. The molecule has 72 valence electrons. The van der Waals surface area contributed by atoms with Crippen LogP contribution in [0.25, 0.3) is 0 Å². The van der Waals surface area contributed by atoms with E-state index in [1.165, 1.54) is 4.88 Å². The summed E-state index contributed by atoms with van der Waals surface area (Å²) in [6.07, 6.45) is 3.63. The molecular weight excluding hydrogens is 184 g/mol. The molecule has 0 spiro atoms. The Balaban J connectivity index is 2.09. The van der Waals surface area contributed by atoms with E-state index in [1.54, 1.807) is 11.3 Å². The first kappa shape index (κ1) is 9.12. The molecule has 1 aromatic rings. The van der Waals surface area contributed by atoms with Crippen LogP contribution in [0.4, 0.5) is 0 Å². The summed E-state index contributed by atoms with van der Waals surface area (Å²) in [6, 6.07) is 0. The Labute approximate surface area is 82.0 Å². The molecule has 1 heterocycles. The zero-order chi connectivity index (χ0) is 9.47. The normalized spacial score (nSPS) is 19.4. The summed E-state index contributed by atoms with van der Waals surface area (Å²) in [5.41, 5.74) is -0.560. The van der Waals surface area contributed by atoms with Gasteiger partial charge in [0.1, 0.15) is 10.6 Å². The predicted molar refractivity (Wildman–Crippen MR) is 52.6 cm³/mol. The van der Waals surface area contributed by atoms with Gasteiger partial charge in [0, 0.05) is 17.6 Å². The molecule has 1 fully saturated rings. The van der Waals surface area contributed by atoms with E-state index >= 15 is 0 Å². The van der Waals surface area contributed by atoms with Crippen LogP contribution in [0, 0.1) is 0 Å². The molecule has 0 atom stereocenters. The second-order valence-corrected chi connectivity index (χ2v) is 5.02. The fraction of sp³-hybridized carbons (Fsp3) is 0.667. The lowest BCUT2D eigenvalue weighted by Crippen LogP contribution is -2.09. The molecule has 1 N–H and O–H groups in total. The Morgan fingerprint density at radius 2 is 2.31 bits per heavy atom. The molecule has 0 bridgehead atoms. The Hall–Kier alpha value is -0.450. The summed E-state index contributed by atoms with van der Waals surface area (Å²) in [5, 5.41) is 10.7. The molecule has 4 heteroatoms. The molecule has 0 amide bonds. The lowest BCUT2D eigenvalue weighted by Gasteiger charge is -2.05. The molecule has 3 nitrogen and oxygen atoms in total. The summed E-state index contributed by atoms with van der Waals surface area (Å²) in [7, 11) is 4.07. The average molecular weight is 198 g/mol. The predicted octanol–water partition coefficient (Wildman–Crippen LogP) is 1.19. The molecule has 13 heavy (non-hydrogen) atoms. The van der Waals surface area contributed by atoms with Crippen molar-refractivity contribution in [3.63, 3.8) is 0 Å². The van der Waals surface area contributed by atoms with E-state index in [2.05, 4.69) is 9.88 Å². The van der Waals surface area contributed by atoms with Crippen LogP contribution in [0.5, 0.6) is 0 Å². The van der Waals surface area contributed by atoms with E-state index in [9.17, 15) is 5.11 Å². The van der Waals surface area contributed by atoms with Crippen molar-refractivity contribution in [2.24, 2.45) is 0 Å². The van der Waals surface area contributed by atoms with Crippen molar-refractivity contribution in [1.29, 1.82) is 0 Å². The molecular formula is C9H14N2OS. The maximum atomic E-state index is 9.78. The highest BCUT2D eigenvalue weighted by Gasteiger charge is 2.44. The highest BCUT2D eigenvalue weighted by atomic mass is 32.1. The molecule has 1 aliphatic carbocycles. The number of hydrogen-bond donors (Lipinski definition) is 1. The fourth-order valence-corrected chi connectivity index (χ4v) is 2.42. The maximum absolute atomic E-state index is 9.78. The van der Waals surface area contributed by atoms with Crippen LogP contribution in [0.2, 0.25) is 0 Å². The van der Waals surface area contributed by atoms with E-state index in [4.69, 9.17) is 0 Å². The minimum absolute atomic E-state index is 0.560. The highest BCUT2D eigenvalue weighted by Crippen LogP contribution is 2.46. The Morgan fingerprint density at radius 3 is 2.85 bits per heavy atom. The van der Waals surface area contributed by atoms with Crippen LogP contribution in [-0.4, -0.2) is 29.1 Å². The highest BCUT2D eigenvalue weighted by molar-refractivity contribution is 7.11. The third kappa shape index (κ3) is 1.90. The Morgan fingerprint density at radius 1 is 1.62 bits per heavy atom. The third-order valence-electron chi connectivity index (χ3n) is 2.15. The van der Waals surface area contributed by atoms with Crippen molar-refractivity contribution < 1.29 is 5.11 Å². The van der Waals surface area contributed by atoms with Gasteiger partial charge in [0.05, 0.1) is 0 Å². The van der Waals surface area contributed by atoms with Crippen molar-refractivity contribution in [3.05, 3.63) is 16.1 Å². The average Bonchev–Trinajstić information content (AvgIpc) is 2.62. The lowest BCUT2D eigenvalue weighted by atomic mass is 10.4. The van der Waals surface area contributed by atoms with Crippen LogP contribution < -0.4 is 0 Å². The van der Waals surface area contributed by atoms with Gasteiger partial charge < -0.3 is 10.0 Å². The summed E-state index contributed by atoms with van der Waals surface area (Å²) in [4.78, 5) is 7.57. The van der Waals surface area contributed by atoms with Gasteiger partial charge in [0.25, 0.3) is 0 Å². The second kappa shape index (κ2) is 3.04. The van der Waals surface area contributed by atoms with E-state index in [0.717, 1.165) is 24.4 Å². The van der Waals surface area contributed by atoms with Gasteiger partial charge in [-0.1, -0.05) is 0 Å². The second-order valence-electron chi connectivity index (χ2n) is 3.90. The molecule has 2 rings (SSSR count). The zero-order valence-electron chi connectivity index (χ0n) is 7.95. The maximum Gasteiger partial charge on any atom is 0.125 e. The first-order chi connectivity index (χ1) is 6.10. The van der Waals surface area contributed by atoms with Gasteiger partial charge >= 0.3 is 0 Å². The van der Waals surface area contributed by atoms with Gasteiger partial charge in [0.15, 0.2) is 0 Å². The Kier molecular flexibility index (Phi) is 2.14. The van der Waals surface area contributed by atoms with Gasteiger partial charge in [-0.2, -0.15) is 0 Å². The van der Waals surface area contributed by atoms with E-state index in [1.807, 2.05) is 20.3 Å². The van der Waals surface area contributed by atoms with E-state index in [0.29, 0.717) is 0 Å². The molecule has 0 aromatic carbocycles. The third-order valence-corrected chi connectivity index (χ3v) is 3.32. The molecule has 0 saturated heterocycles. The van der Waals surface area contributed by atoms with Gasteiger partial charge in [-0.15, -0.1) is 11.3 Å². The van der Waals surface area contributed by atoms with Gasteiger partial charge in [-0.3, -0.25) is 0 Å². The van der Waals surface area contributed by atoms with Crippen LogP contribution >= 0.6 is 11.3 Å². The SMILES string of the molecule is CN(C)Cc1cnc(C2(O)CC2)s1. The van der Waals surface area contributed by atoms with Crippen molar-refractivity contribution in [2.75, 3.05) is 14.1 Å². The molecule has 1 aliphatic rings. The minimum atomic E-state index is -0.560. The first-order valence-corrected chi connectivity index (χ1v) is 5.24. The van der Waals surface area contributed by atoms with Gasteiger partial charge in [-0.05, 0) is 26.9 Å². The van der Waals surface area contributed by atoms with Crippen LogP contribution in [0.15, 0.2) is 6.20 Å². The number of aliphatic hydroxyl groups is 1. The van der Waals surface area contributed by atoms with Crippen LogP contribution in [-0.2, 0) is 12.1 Å². The standard InChI is InChI=1S/C9H14N2OS/c1-11(2)6-7-5-10-8(13-7)9(12)3-4-9/h5,12H,3-4,6H2,1-2H3. The number of nitrogens with zero attached hydrogens (tertiary/aromatic N) is 2. The Bertz CT molecular complexity index is 304. The molecule has 0 radical (unpaired) electrons. The number of rotatable bonds is 3. The summed E-state index contributed by atoms with van der Waals surface area (Å²) >= 11 is 1.63. The first-order valence-electron chi connectivity index (χ1n) is 4.42. The molecule has 1 aromatic heterocycles. The monoisotopic (exact) mass is 198 g/mol. The molecule has 1 saturated carbocycles. The minimum Gasteiger partial charge on any atom is -0.383 e. The van der Waals surface area contributed by atoms with Crippen molar-refractivity contribution in [2.45, 2.75) is 25.0 Å². The van der Waals surface area contributed by atoms with Gasteiger partial charge in [0.2, 0.25) is 0 Å². The number of hydrogen-bond acceptors (Lipinski definition) is 4. The van der Waals surface area contributed by atoms with E-state index < -0.39 is 5.60 Å². The lowest BCUT2D eigenvalue weighted by molar-refractivity contribution is 0.151. The topological polar surface area (TPSA) is 36.4 Å².